The summed E-state index contributed by atoms with van der Waals surface area (Å²) in [6.45, 7) is 3.60. The number of carbonyl (C=O) groups excluding carboxylic acids is 2. The first-order chi connectivity index (χ1) is 23.8. The Morgan fingerprint density at radius 1 is 0.612 bits per heavy atom. The number of ether oxygens (including phenoxy) is 2. The Balaban J connectivity index is 4.26. The van der Waals surface area contributed by atoms with E-state index in [-0.39, 0.29) is 32.6 Å². The molecule has 1 unspecified atom stereocenters. The number of phosphoric acid groups is 1. The maximum absolute atomic E-state index is 12.5. The molecule has 0 fully saturated rings. The van der Waals surface area contributed by atoms with Crippen LogP contribution in [0.2, 0.25) is 0 Å². The Hall–Kier alpha value is -2.03. The van der Waals surface area contributed by atoms with Gasteiger partial charge in [-0.25, -0.2) is 4.57 Å². The smallest absolute Gasteiger partial charge is 0.462 e. The van der Waals surface area contributed by atoms with Gasteiger partial charge in [0.2, 0.25) is 0 Å². The van der Waals surface area contributed by atoms with Crippen LogP contribution in [0.4, 0.5) is 0 Å². The van der Waals surface area contributed by atoms with Crippen LogP contribution < -0.4 is 5.73 Å². The van der Waals surface area contributed by atoms with Gasteiger partial charge in [0, 0.05) is 19.4 Å². The zero-order chi connectivity index (χ0) is 36.1. The molecule has 0 spiro atoms. The molecule has 0 aromatic carbocycles. The molecular weight excluding hydrogens is 641 g/mol. The first kappa shape index (κ1) is 47.0. The molecular formula is C39H70NO8P. The van der Waals surface area contributed by atoms with Gasteiger partial charge in [-0.3, -0.25) is 18.6 Å². The van der Waals surface area contributed by atoms with E-state index in [4.69, 9.17) is 24.3 Å². The van der Waals surface area contributed by atoms with Crippen LogP contribution in [0.3, 0.4) is 0 Å². The van der Waals surface area contributed by atoms with Gasteiger partial charge < -0.3 is 20.1 Å². The third-order valence-corrected chi connectivity index (χ3v) is 8.67. The highest BCUT2D eigenvalue weighted by molar-refractivity contribution is 7.47. The molecule has 0 aromatic heterocycles. The van der Waals surface area contributed by atoms with E-state index in [1.54, 1.807) is 0 Å². The summed E-state index contributed by atoms with van der Waals surface area (Å²) in [6, 6.07) is 0. The first-order valence-corrected chi connectivity index (χ1v) is 20.6. The van der Waals surface area contributed by atoms with Gasteiger partial charge in [0.25, 0.3) is 0 Å². The second kappa shape index (κ2) is 35.8. The third-order valence-electron chi connectivity index (χ3n) is 7.69. The number of unbranched alkanes of at least 4 members (excludes halogenated alkanes) is 14. The van der Waals surface area contributed by atoms with Crippen molar-refractivity contribution in [3.8, 4) is 0 Å². The van der Waals surface area contributed by atoms with Crippen molar-refractivity contribution in [1.82, 2.24) is 0 Å². The molecule has 10 heteroatoms. The lowest BCUT2D eigenvalue weighted by atomic mass is 10.1. The molecule has 49 heavy (non-hydrogen) atoms. The highest BCUT2D eigenvalue weighted by Gasteiger charge is 2.25. The lowest BCUT2D eigenvalue weighted by molar-refractivity contribution is -0.161. The minimum atomic E-state index is -4.38. The lowest BCUT2D eigenvalue weighted by Crippen LogP contribution is -2.29. The van der Waals surface area contributed by atoms with Crippen LogP contribution in [0, 0.1) is 0 Å². The van der Waals surface area contributed by atoms with Crippen molar-refractivity contribution >= 4 is 19.8 Å². The number of carbonyl (C=O) groups is 2. The topological polar surface area (TPSA) is 134 Å². The van der Waals surface area contributed by atoms with Gasteiger partial charge in [-0.05, 0) is 70.6 Å². The number of esters is 2. The van der Waals surface area contributed by atoms with Crippen molar-refractivity contribution in [3.63, 3.8) is 0 Å². The highest BCUT2D eigenvalue weighted by Crippen LogP contribution is 2.43. The molecule has 0 aromatic rings. The summed E-state index contributed by atoms with van der Waals surface area (Å²) < 4.78 is 32.6. The van der Waals surface area contributed by atoms with Crippen LogP contribution in [0.5, 0.6) is 0 Å². The second-order valence-electron chi connectivity index (χ2n) is 12.4. The predicted octanol–water partition coefficient (Wildman–Crippen LogP) is 10.4. The van der Waals surface area contributed by atoms with Crippen molar-refractivity contribution in [2.24, 2.45) is 5.73 Å². The molecule has 3 N–H and O–H groups in total. The van der Waals surface area contributed by atoms with Gasteiger partial charge in [0.15, 0.2) is 6.10 Å². The summed E-state index contributed by atoms with van der Waals surface area (Å²) in [4.78, 5) is 34.7. The average molecular weight is 712 g/mol. The molecule has 0 bridgehead atoms. The van der Waals surface area contributed by atoms with Crippen LogP contribution in [-0.2, 0) is 32.7 Å². The average Bonchev–Trinajstić information content (AvgIpc) is 3.08. The predicted molar refractivity (Wildman–Crippen MR) is 201 cm³/mol. The van der Waals surface area contributed by atoms with Crippen molar-refractivity contribution in [2.45, 2.75) is 161 Å². The van der Waals surface area contributed by atoms with Crippen LogP contribution in [0.25, 0.3) is 0 Å². The minimum Gasteiger partial charge on any atom is -0.462 e. The molecule has 0 saturated heterocycles. The van der Waals surface area contributed by atoms with E-state index in [0.29, 0.717) is 12.8 Å². The molecule has 0 heterocycles. The molecule has 9 nitrogen and oxygen atoms in total. The van der Waals surface area contributed by atoms with Crippen molar-refractivity contribution in [2.75, 3.05) is 26.4 Å². The van der Waals surface area contributed by atoms with E-state index in [9.17, 15) is 19.0 Å². The van der Waals surface area contributed by atoms with Crippen LogP contribution in [-0.4, -0.2) is 49.3 Å². The molecule has 0 aliphatic carbocycles. The number of rotatable bonds is 35. The Morgan fingerprint density at radius 3 is 1.65 bits per heavy atom. The number of hydrogen-bond donors (Lipinski definition) is 2. The number of allylic oxidation sites excluding steroid dienone is 8. The van der Waals surface area contributed by atoms with E-state index >= 15 is 0 Å². The molecule has 0 amide bonds. The molecule has 0 aliphatic heterocycles. The maximum Gasteiger partial charge on any atom is 0.472 e. The highest BCUT2D eigenvalue weighted by atomic mass is 31.2. The lowest BCUT2D eigenvalue weighted by Gasteiger charge is -2.19. The van der Waals surface area contributed by atoms with Crippen molar-refractivity contribution < 1.29 is 37.6 Å². The molecule has 0 rings (SSSR count). The summed E-state index contributed by atoms with van der Waals surface area (Å²) in [5.74, 6) is -0.871. The third kappa shape index (κ3) is 35.6. The summed E-state index contributed by atoms with van der Waals surface area (Å²) in [6.07, 6.45) is 38.5. The maximum atomic E-state index is 12.5. The van der Waals surface area contributed by atoms with Gasteiger partial charge in [0.05, 0.1) is 13.2 Å². The molecule has 0 radical (unpaired) electrons. The summed E-state index contributed by atoms with van der Waals surface area (Å²) >= 11 is 0. The van der Waals surface area contributed by atoms with E-state index in [2.05, 4.69) is 62.5 Å². The van der Waals surface area contributed by atoms with E-state index in [1.807, 2.05) is 0 Å². The number of nitrogens with two attached hydrogens (primary N) is 1. The Labute approximate surface area is 298 Å². The monoisotopic (exact) mass is 711 g/mol. The summed E-state index contributed by atoms with van der Waals surface area (Å²) in [5, 5.41) is 0. The number of phosphoric ester groups is 1. The second-order valence-corrected chi connectivity index (χ2v) is 13.9. The van der Waals surface area contributed by atoms with Crippen molar-refractivity contribution in [1.29, 1.82) is 0 Å². The molecule has 2 atom stereocenters. The fourth-order valence-electron chi connectivity index (χ4n) is 4.80. The fraction of sp³-hybridized carbons (Fsp3) is 0.744. The minimum absolute atomic E-state index is 0.0471. The van der Waals surface area contributed by atoms with E-state index < -0.39 is 32.5 Å². The first-order valence-electron chi connectivity index (χ1n) is 19.1. The van der Waals surface area contributed by atoms with Gasteiger partial charge in [-0.15, -0.1) is 0 Å². The quantitative estimate of drug-likeness (QED) is 0.0285. The molecule has 284 valence electrons. The number of hydrogen-bond acceptors (Lipinski definition) is 8. The zero-order valence-corrected chi connectivity index (χ0v) is 31.8. The Morgan fingerprint density at radius 2 is 1.08 bits per heavy atom. The largest absolute Gasteiger partial charge is 0.472 e. The fourth-order valence-corrected chi connectivity index (χ4v) is 5.56. The standard InChI is InChI=1S/C39H70NO8P/c1-3-5-7-9-11-13-15-16-17-18-19-20-22-23-25-27-29-31-38(41)45-35-37(36-47-49(43,44)46-34-33-40)48-39(42)32-30-28-26-24-21-14-12-10-8-6-4-2/h10-13,16-17,19-20,37H,3-9,14-15,18,21-36,40H2,1-2H3,(H,43,44)/b12-10-,13-11-,17-16-,20-19-/t37-/m1/s1. The van der Waals surface area contributed by atoms with E-state index in [1.165, 1.54) is 38.5 Å². The van der Waals surface area contributed by atoms with Crippen LogP contribution in [0.15, 0.2) is 48.6 Å². The van der Waals surface area contributed by atoms with Gasteiger partial charge >= 0.3 is 19.8 Å². The van der Waals surface area contributed by atoms with E-state index in [0.717, 1.165) is 77.0 Å². The SMILES string of the molecule is CCCC/C=C\CCCCCCCC(=O)O[C@H](COC(=O)CCCCCC/C=C\C/C=C\C/C=C\CCCCC)COP(=O)(O)OCCN. The molecule has 0 aliphatic rings. The summed E-state index contributed by atoms with van der Waals surface area (Å²) in [5.41, 5.74) is 5.32. The van der Waals surface area contributed by atoms with Crippen molar-refractivity contribution in [3.05, 3.63) is 48.6 Å². The normalized spacial score (nSPS) is 14.0. The Bertz CT molecular complexity index is 949. The van der Waals surface area contributed by atoms with Gasteiger partial charge in [-0.2, -0.15) is 0 Å². The van der Waals surface area contributed by atoms with Crippen LogP contribution in [0.1, 0.15) is 155 Å². The van der Waals surface area contributed by atoms with Crippen LogP contribution >= 0.6 is 7.82 Å². The van der Waals surface area contributed by atoms with Gasteiger partial charge in [-0.1, -0.05) is 120 Å². The zero-order valence-electron chi connectivity index (χ0n) is 30.9. The molecule has 0 saturated carbocycles. The Kier molecular flexibility index (Phi) is 34.3. The summed E-state index contributed by atoms with van der Waals surface area (Å²) in [7, 11) is -4.38. The van der Waals surface area contributed by atoms with Gasteiger partial charge in [0.1, 0.15) is 6.61 Å².